The van der Waals surface area contributed by atoms with Gasteiger partial charge in [-0.15, -0.1) is 0 Å². The Morgan fingerprint density at radius 2 is 1.80 bits per heavy atom. The first-order valence-electron chi connectivity index (χ1n) is 19.0. The topological polar surface area (TPSA) is 127 Å². The lowest BCUT2D eigenvalue weighted by Gasteiger charge is -2.23. The van der Waals surface area contributed by atoms with Crippen LogP contribution in [0.15, 0.2) is 58.7 Å². The molecule has 4 unspecified atom stereocenters. The Bertz CT molecular complexity index is 2530. The van der Waals surface area contributed by atoms with E-state index in [4.69, 9.17) is 22.3 Å². The van der Waals surface area contributed by atoms with Crippen LogP contribution >= 0.6 is 23.5 Å². The van der Waals surface area contributed by atoms with Crippen molar-refractivity contribution in [3.8, 4) is 23.0 Å². The molecule has 9 nitrogen and oxygen atoms in total. The molecule has 3 aliphatic rings. The van der Waals surface area contributed by atoms with Crippen LogP contribution < -0.4 is 15.8 Å². The van der Waals surface area contributed by atoms with Gasteiger partial charge in [0.15, 0.2) is 5.82 Å². The largest absolute Gasteiger partial charge is 0.397 e. The summed E-state index contributed by atoms with van der Waals surface area (Å²) >= 11 is 8.08. The lowest BCUT2D eigenvalue weighted by molar-refractivity contribution is -0.120. The van der Waals surface area contributed by atoms with E-state index in [1.54, 1.807) is 13.8 Å². The van der Waals surface area contributed by atoms with Crippen LogP contribution in [-0.2, 0) is 28.6 Å². The van der Waals surface area contributed by atoms with Crippen LogP contribution in [0.5, 0.6) is 0 Å². The second-order valence-electron chi connectivity index (χ2n) is 15.5. The molecular weight excluding hydrogens is 874 g/mol. The molecule has 0 spiro atoms. The second-order valence-corrected chi connectivity index (χ2v) is 19.0. The van der Waals surface area contributed by atoms with Crippen molar-refractivity contribution in [1.82, 2.24) is 20.1 Å². The van der Waals surface area contributed by atoms with Gasteiger partial charge in [0, 0.05) is 51.0 Å². The smallest absolute Gasteiger partial charge is 0.292 e. The zero-order valence-electron chi connectivity index (χ0n) is 32.6. The summed E-state index contributed by atoms with van der Waals surface area (Å²) in [6, 6.07) is 7.38. The van der Waals surface area contributed by atoms with Crippen LogP contribution in [0.2, 0.25) is 5.02 Å². The molecule has 7 rings (SSSR count). The van der Waals surface area contributed by atoms with E-state index in [1.165, 1.54) is 42.5 Å². The maximum Gasteiger partial charge on any atom is 0.292 e. The molecule has 324 valence electrons. The van der Waals surface area contributed by atoms with Gasteiger partial charge in [0.05, 0.1) is 33.4 Å². The summed E-state index contributed by atoms with van der Waals surface area (Å²) in [5, 5.41) is 7.87. The zero-order chi connectivity index (χ0) is 44.1. The van der Waals surface area contributed by atoms with E-state index in [0.717, 1.165) is 29.7 Å². The molecule has 0 saturated heterocycles. The Morgan fingerprint density at radius 3 is 2.44 bits per heavy atom. The Hall–Kier alpha value is -4.67. The third-order valence-electron chi connectivity index (χ3n) is 10.6. The van der Waals surface area contributed by atoms with E-state index in [9.17, 15) is 35.3 Å². The quantitative estimate of drug-likeness (QED) is 0.0657. The minimum atomic E-state index is -3.64. The van der Waals surface area contributed by atoms with Crippen molar-refractivity contribution in [1.29, 1.82) is 0 Å². The number of nitrogens with two attached hydrogens (primary N) is 1. The highest BCUT2D eigenvalue weighted by Crippen LogP contribution is 2.62. The third-order valence-corrected chi connectivity index (χ3v) is 13.5. The number of aromatic nitrogens is 3. The zero-order valence-corrected chi connectivity index (χ0v) is 35.0. The second kappa shape index (κ2) is 17.2. The van der Waals surface area contributed by atoms with Gasteiger partial charge in [0.1, 0.15) is 40.9 Å². The molecule has 0 bridgehead atoms. The van der Waals surface area contributed by atoms with Gasteiger partial charge in [-0.1, -0.05) is 23.6 Å². The number of rotatable bonds is 14. The number of allylic oxidation sites excluding steroid dienone is 2. The highest BCUT2D eigenvalue weighted by atomic mass is 35.5. The molecule has 2 heterocycles. The Morgan fingerprint density at radius 1 is 1.11 bits per heavy atom. The van der Waals surface area contributed by atoms with Crippen LogP contribution in [0.1, 0.15) is 56.1 Å². The maximum absolute atomic E-state index is 15.3. The summed E-state index contributed by atoms with van der Waals surface area (Å²) in [5.74, 6) is -2.78. The fourth-order valence-electron chi connectivity index (χ4n) is 7.16. The highest BCUT2D eigenvalue weighted by molar-refractivity contribution is 8.01. The molecule has 20 heteroatoms. The maximum atomic E-state index is 15.3. The number of halogens is 9. The van der Waals surface area contributed by atoms with E-state index in [1.807, 2.05) is 0 Å². The van der Waals surface area contributed by atoms with Gasteiger partial charge in [-0.05, 0) is 99.2 Å². The number of anilines is 1. The van der Waals surface area contributed by atoms with E-state index in [0.29, 0.717) is 11.5 Å². The van der Waals surface area contributed by atoms with Gasteiger partial charge in [0.25, 0.3) is 18.8 Å². The van der Waals surface area contributed by atoms with E-state index in [-0.39, 0.29) is 62.5 Å². The van der Waals surface area contributed by atoms with Crippen LogP contribution in [0.25, 0.3) is 22.0 Å². The van der Waals surface area contributed by atoms with Crippen LogP contribution in [0, 0.1) is 35.3 Å². The van der Waals surface area contributed by atoms with Crippen molar-refractivity contribution in [2.75, 3.05) is 17.5 Å². The van der Waals surface area contributed by atoms with Crippen molar-refractivity contribution >= 4 is 62.7 Å². The highest BCUT2D eigenvalue weighted by Gasteiger charge is 2.67. The van der Waals surface area contributed by atoms with Crippen molar-refractivity contribution in [3.05, 3.63) is 87.3 Å². The van der Waals surface area contributed by atoms with Crippen molar-refractivity contribution < 1.29 is 44.1 Å². The number of hydrogen-bond acceptors (Lipinski definition) is 8. The first-order valence-corrected chi connectivity index (χ1v) is 21.8. The number of carbonyl (C=O) groups is 1. The average Bonchev–Trinajstić information content (AvgIpc) is 4.11. The molecule has 4 N–H and O–H groups in total. The summed E-state index contributed by atoms with van der Waals surface area (Å²) in [4.78, 5) is 22.4. The minimum absolute atomic E-state index is 0.0156. The molecule has 2 aromatic heterocycles. The summed E-state index contributed by atoms with van der Waals surface area (Å²) < 4.78 is 131. The third kappa shape index (κ3) is 9.56. The standard InChI is InChI=1S/C41H38ClF8N7O2S2/c1-40(2,61(3)59)11-10-22-4-7-24(25-8-9-28(42)33-36(25)57(18-30(45)46)55-39(33)56-60-23-5-6-23)35(53-22)29(14-19-12-20(43)15-21(44)13-19)54-31(58)17-52-37-32(34(51)38(47)48)26-16-27(26)41(37,49)50/h4,7-9,12-13,15,23,26-27,29-30,38H,5-6,14,16-18,51H2,1-3H3,(H,54,58)(H,55,56). The summed E-state index contributed by atoms with van der Waals surface area (Å²) in [5.41, 5.74) is 3.68. The van der Waals surface area contributed by atoms with Crippen molar-refractivity contribution in [3.63, 3.8) is 0 Å². The Kier molecular flexibility index (Phi) is 12.5. The van der Waals surface area contributed by atoms with Crippen molar-refractivity contribution in [2.45, 2.75) is 80.9 Å². The number of carbonyl (C=O) groups excluding carboxylic acids is 1. The van der Waals surface area contributed by atoms with Crippen LogP contribution in [-0.4, -0.2) is 72.2 Å². The molecule has 3 saturated carbocycles. The first kappa shape index (κ1) is 44.4. The molecule has 0 radical (unpaired) electrons. The van der Waals surface area contributed by atoms with Gasteiger partial charge in [0.2, 0.25) is 5.91 Å². The van der Waals surface area contributed by atoms with E-state index in [2.05, 4.69) is 32.0 Å². The number of benzene rings is 2. The predicted octanol–water partition coefficient (Wildman–Crippen LogP) is 8.63. The van der Waals surface area contributed by atoms with Crippen LogP contribution in [0.3, 0.4) is 0 Å². The molecule has 2 aromatic carbocycles. The molecule has 4 atom stereocenters. The summed E-state index contributed by atoms with van der Waals surface area (Å²) in [6.45, 7) is 1.44. The number of pyridine rings is 1. The predicted molar refractivity (Wildman–Crippen MR) is 220 cm³/mol. The lowest BCUT2D eigenvalue weighted by atomic mass is 9.93. The van der Waals surface area contributed by atoms with Gasteiger partial charge in [-0.2, -0.15) is 13.9 Å². The number of nitrogens with one attached hydrogen (secondary N) is 2. The van der Waals surface area contributed by atoms with E-state index >= 15 is 8.78 Å². The molecule has 3 aliphatic carbocycles. The number of alkyl halides is 6. The number of aliphatic imine (C=N–C) groups is 1. The monoisotopic (exact) mass is 911 g/mol. The fraction of sp³-hybridized carbons (Fsp3) is 0.415. The van der Waals surface area contributed by atoms with Crippen molar-refractivity contribution in [2.24, 2.45) is 22.6 Å². The summed E-state index contributed by atoms with van der Waals surface area (Å²) in [7, 11) is -1.42. The number of hydrogen-bond donors (Lipinski definition) is 3. The average molecular weight is 912 g/mol. The van der Waals surface area contributed by atoms with Gasteiger partial charge in [-0.25, -0.2) is 31.3 Å². The molecule has 3 fully saturated rings. The number of nitrogens with zero attached hydrogens (tertiary/aromatic N) is 4. The molecule has 61 heavy (non-hydrogen) atoms. The lowest BCUT2D eigenvalue weighted by Crippen LogP contribution is -2.35. The Balaban J connectivity index is 1.39. The molecule has 1 amide bonds. The van der Waals surface area contributed by atoms with E-state index < -0.39 is 99.8 Å². The van der Waals surface area contributed by atoms with Gasteiger partial charge >= 0.3 is 0 Å². The first-order chi connectivity index (χ1) is 28.7. The summed E-state index contributed by atoms with van der Waals surface area (Å²) in [6.07, 6.45) is -3.19. The molecular formula is C41H38ClF8N7O2S2. The normalized spacial score (nSPS) is 20.7. The van der Waals surface area contributed by atoms with Gasteiger partial charge < -0.3 is 15.8 Å². The minimum Gasteiger partial charge on any atom is -0.397 e. The molecule has 4 aromatic rings. The number of amides is 1. The Labute approximate surface area is 356 Å². The molecule has 0 aliphatic heterocycles. The fourth-order valence-corrected chi connectivity index (χ4v) is 8.39. The SMILES string of the molecule is CS(=O)C(C)(C)C#Cc1ccc(-c2ccc(Cl)c3c(NSC4CC4)nn(CC(F)F)c23)c(C(Cc2cc(F)cc(F)c2)NC(=O)CN=C2C(=C(N)C(F)F)C3CC3C2(F)F)n1. The van der Waals surface area contributed by atoms with Crippen LogP contribution in [0.4, 0.5) is 40.9 Å². The van der Waals surface area contributed by atoms with Gasteiger partial charge in [-0.3, -0.25) is 18.7 Å². The number of fused-ring (bicyclic) bond motifs is 2.